The Morgan fingerprint density at radius 2 is 0.583 bits per heavy atom. The fourth-order valence-corrected chi connectivity index (χ4v) is 3.58. The van der Waals surface area contributed by atoms with Crippen LogP contribution in [0.4, 0.5) is 0 Å². The molecular weight excluding hydrogens is 464 g/mol. The predicted molar refractivity (Wildman–Crippen MR) is 141 cm³/mol. The van der Waals surface area contributed by atoms with Crippen LogP contribution in [0.3, 0.4) is 0 Å². The Bertz CT molecular complexity index is 1250. The fourth-order valence-electron chi connectivity index (χ4n) is 3.58. The Hall–Kier alpha value is -4.72. The summed E-state index contributed by atoms with van der Waals surface area (Å²) in [4.78, 5) is 36.0. The van der Waals surface area contributed by atoms with Gasteiger partial charge in [0.1, 0.15) is 0 Å². The van der Waals surface area contributed by atoms with E-state index in [4.69, 9.17) is 39.6 Å². The summed E-state index contributed by atoms with van der Waals surface area (Å²) in [7, 11) is 0. The molecule has 8 nitrogen and oxygen atoms in total. The number of carboxylic acid groups (broad SMARTS) is 4. The van der Waals surface area contributed by atoms with Crippen LogP contribution in [-0.4, -0.2) is 44.3 Å². The number of rotatable bonds is 0. The molecule has 0 bridgehead atoms. The van der Waals surface area contributed by atoms with Gasteiger partial charge in [-0.3, -0.25) is 19.2 Å². The lowest BCUT2D eigenvalue weighted by molar-refractivity contribution is -0.135. The maximum absolute atomic E-state index is 9.00. The van der Waals surface area contributed by atoms with Crippen molar-refractivity contribution < 1.29 is 39.6 Å². The largest absolute Gasteiger partial charge is 0.481 e. The lowest BCUT2D eigenvalue weighted by Crippen LogP contribution is -1.85. The molecule has 0 amide bonds. The van der Waals surface area contributed by atoms with Crippen LogP contribution in [0.25, 0.3) is 43.1 Å². The zero-order valence-electron chi connectivity index (χ0n) is 20.4. The van der Waals surface area contributed by atoms with E-state index in [0.717, 1.165) is 27.7 Å². The summed E-state index contributed by atoms with van der Waals surface area (Å²) in [5.74, 6) is -3.33. The van der Waals surface area contributed by atoms with Gasteiger partial charge in [0, 0.05) is 27.7 Å². The molecule has 0 spiro atoms. The van der Waals surface area contributed by atoms with Crippen molar-refractivity contribution in [2.75, 3.05) is 0 Å². The molecule has 0 aromatic heterocycles. The maximum atomic E-state index is 9.00. The van der Waals surface area contributed by atoms with E-state index < -0.39 is 23.9 Å². The number of hydrogen-bond acceptors (Lipinski definition) is 4. The standard InChI is InChI=1S/C20H12.4C2H4O2/c1-5-13-6-2-11-17-18-12-4-8-14-7-3-10-16(20(14)18)15(9-1)19(13)17;4*1-2(3)4/h1-12H;4*1H3,(H,3,4). The Morgan fingerprint density at radius 3 is 0.750 bits per heavy atom. The summed E-state index contributed by atoms with van der Waals surface area (Å²) < 4.78 is 0. The zero-order valence-corrected chi connectivity index (χ0v) is 20.4. The molecule has 8 heteroatoms. The second kappa shape index (κ2) is 13.9. The SMILES string of the molecule is CC(=O)O.CC(=O)O.CC(=O)O.CC(=O)O.c1cc2cccc3c4cccc5cccc(c(c1)c23)c54. The highest BCUT2D eigenvalue weighted by Gasteiger charge is 2.11. The lowest BCUT2D eigenvalue weighted by atomic mass is 9.90. The van der Waals surface area contributed by atoms with Gasteiger partial charge in [-0.1, -0.05) is 72.8 Å². The predicted octanol–water partition coefficient (Wildman–Crippen LogP) is 6.10. The third-order valence-electron chi connectivity index (χ3n) is 4.39. The van der Waals surface area contributed by atoms with Crippen molar-refractivity contribution >= 4 is 67.0 Å². The number of benzene rings is 5. The van der Waals surface area contributed by atoms with Crippen molar-refractivity contribution in [3.63, 3.8) is 0 Å². The normalized spacial score (nSPS) is 9.44. The van der Waals surface area contributed by atoms with Crippen molar-refractivity contribution in [3.8, 4) is 0 Å². The van der Waals surface area contributed by atoms with Crippen LogP contribution in [0.5, 0.6) is 0 Å². The highest BCUT2D eigenvalue weighted by molar-refractivity contribution is 6.32. The second-order valence-electron chi connectivity index (χ2n) is 7.49. The van der Waals surface area contributed by atoms with Gasteiger partial charge in [0.05, 0.1) is 0 Å². The molecule has 0 radical (unpaired) electrons. The first-order chi connectivity index (χ1) is 16.9. The van der Waals surface area contributed by atoms with Crippen LogP contribution in [0.2, 0.25) is 0 Å². The van der Waals surface area contributed by atoms with Crippen LogP contribution in [0, 0.1) is 0 Å². The van der Waals surface area contributed by atoms with Gasteiger partial charge in [-0.15, -0.1) is 0 Å². The molecule has 5 rings (SSSR count). The minimum atomic E-state index is -0.833. The van der Waals surface area contributed by atoms with Crippen molar-refractivity contribution in [2.45, 2.75) is 27.7 Å². The van der Waals surface area contributed by atoms with Gasteiger partial charge >= 0.3 is 0 Å². The molecule has 0 aliphatic rings. The first-order valence-corrected chi connectivity index (χ1v) is 10.7. The molecule has 0 heterocycles. The highest BCUT2D eigenvalue weighted by Crippen LogP contribution is 2.39. The average Bonchev–Trinajstić information content (AvgIpc) is 2.76. The van der Waals surface area contributed by atoms with E-state index in [-0.39, 0.29) is 0 Å². The highest BCUT2D eigenvalue weighted by atomic mass is 16.4. The minimum absolute atomic E-state index is 0.833. The minimum Gasteiger partial charge on any atom is -0.481 e. The quantitative estimate of drug-likeness (QED) is 0.150. The molecule has 4 N–H and O–H groups in total. The molecule has 0 aliphatic heterocycles. The molecular formula is C28H28O8. The maximum Gasteiger partial charge on any atom is 0.300 e. The van der Waals surface area contributed by atoms with Crippen molar-refractivity contribution in [3.05, 3.63) is 72.8 Å². The molecule has 0 unspecified atom stereocenters. The molecule has 0 saturated heterocycles. The van der Waals surface area contributed by atoms with E-state index in [2.05, 4.69) is 72.8 Å². The van der Waals surface area contributed by atoms with Gasteiger partial charge in [-0.05, 0) is 43.1 Å². The molecule has 36 heavy (non-hydrogen) atoms. The first-order valence-electron chi connectivity index (χ1n) is 10.7. The average molecular weight is 493 g/mol. The molecule has 5 aromatic carbocycles. The van der Waals surface area contributed by atoms with E-state index in [9.17, 15) is 0 Å². The summed E-state index contributed by atoms with van der Waals surface area (Å²) in [5, 5.41) is 40.6. The summed E-state index contributed by atoms with van der Waals surface area (Å²) in [6.45, 7) is 4.33. The van der Waals surface area contributed by atoms with Crippen LogP contribution >= 0.6 is 0 Å². The molecule has 0 saturated carbocycles. The monoisotopic (exact) mass is 492 g/mol. The van der Waals surface area contributed by atoms with Gasteiger partial charge < -0.3 is 20.4 Å². The topological polar surface area (TPSA) is 149 Å². The Kier molecular flexibility index (Phi) is 11.3. The van der Waals surface area contributed by atoms with Gasteiger partial charge in [0.15, 0.2) is 0 Å². The Morgan fingerprint density at radius 1 is 0.417 bits per heavy atom. The molecule has 0 fully saturated rings. The molecule has 0 atom stereocenters. The number of carboxylic acids is 4. The number of aliphatic carboxylic acids is 4. The van der Waals surface area contributed by atoms with Gasteiger partial charge in [-0.25, -0.2) is 0 Å². The molecule has 188 valence electrons. The summed E-state index contributed by atoms with van der Waals surface area (Å²) in [5.41, 5.74) is 0. The van der Waals surface area contributed by atoms with E-state index in [1.807, 2.05) is 0 Å². The summed E-state index contributed by atoms with van der Waals surface area (Å²) in [6.07, 6.45) is 0. The van der Waals surface area contributed by atoms with Crippen molar-refractivity contribution in [1.82, 2.24) is 0 Å². The van der Waals surface area contributed by atoms with E-state index in [1.54, 1.807) is 0 Å². The van der Waals surface area contributed by atoms with Gasteiger partial charge in [-0.2, -0.15) is 0 Å². The number of carbonyl (C=O) groups is 4. The van der Waals surface area contributed by atoms with E-state index >= 15 is 0 Å². The third kappa shape index (κ3) is 8.90. The van der Waals surface area contributed by atoms with Crippen LogP contribution in [-0.2, 0) is 19.2 Å². The first kappa shape index (κ1) is 29.3. The number of fused-ring (bicyclic) bond motifs is 2. The van der Waals surface area contributed by atoms with Crippen LogP contribution in [0.15, 0.2) is 72.8 Å². The van der Waals surface area contributed by atoms with E-state index in [0.29, 0.717) is 0 Å². The van der Waals surface area contributed by atoms with Crippen molar-refractivity contribution in [2.24, 2.45) is 0 Å². The number of hydrogen-bond donors (Lipinski definition) is 4. The lowest BCUT2D eigenvalue weighted by Gasteiger charge is -2.13. The zero-order chi connectivity index (χ0) is 27.4. The smallest absolute Gasteiger partial charge is 0.300 e. The van der Waals surface area contributed by atoms with Crippen molar-refractivity contribution in [1.29, 1.82) is 0 Å². The Balaban J connectivity index is 0.000000337. The van der Waals surface area contributed by atoms with E-state index in [1.165, 1.54) is 43.1 Å². The van der Waals surface area contributed by atoms with Gasteiger partial charge in [0.2, 0.25) is 0 Å². The second-order valence-corrected chi connectivity index (χ2v) is 7.49. The molecule has 5 aromatic rings. The van der Waals surface area contributed by atoms with Crippen LogP contribution < -0.4 is 0 Å². The van der Waals surface area contributed by atoms with Gasteiger partial charge in [0.25, 0.3) is 23.9 Å². The summed E-state index contributed by atoms with van der Waals surface area (Å²) >= 11 is 0. The molecule has 0 aliphatic carbocycles. The Labute approximate surface area is 207 Å². The van der Waals surface area contributed by atoms with Crippen LogP contribution in [0.1, 0.15) is 27.7 Å². The summed E-state index contributed by atoms with van der Waals surface area (Å²) in [6, 6.07) is 26.4. The third-order valence-corrected chi connectivity index (χ3v) is 4.39. The fraction of sp³-hybridized carbons (Fsp3) is 0.143.